The number of allylic oxidation sites excluding steroid dienone is 1. The van der Waals surface area contributed by atoms with Gasteiger partial charge in [-0.2, -0.15) is 0 Å². The van der Waals surface area contributed by atoms with Crippen molar-refractivity contribution in [1.82, 2.24) is 0 Å². The fraction of sp³-hybridized carbons (Fsp3) is 0.200. The van der Waals surface area contributed by atoms with Crippen LogP contribution >= 0.6 is 15.9 Å². The number of hydrogen-bond donors (Lipinski definition) is 0. The Kier molecular flexibility index (Phi) is 3.85. The largest absolute Gasteiger partial charge is 0.496 e. The zero-order valence-electron chi connectivity index (χ0n) is 8.36. The van der Waals surface area contributed by atoms with Crippen molar-refractivity contribution in [3.05, 3.63) is 44.0 Å². The molecule has 0 aromatic heterocycles. The van der Waals surface area contributed by atoms with Crippen molar-refractivity contribution in [3.63, 3.8) is 0 Å². The Bertz CT molecular complexity index is 415. The van der Waals surface area contributed by atoms with Crippen LogP contribution in [-0.4, -0.2) is 12.0 Å². The van der Waals surface area contributed by atoms with Crippen molar-refractivity contribution in [2.24, 2.45) is 0 Å². The highest BCUT2D eigenvalue weighted by atomic mass is 79.9. The van der Waals surface area contributed by atoms with Crippen molar-refractivity contribution in [3.8, 4) is 5.75 Å². The Morgan fingerprint density at radius 3 is 2.73 bits per heavy atom. The Labute approximate surface area is 95.8 Å². The van der Waals surface area contributed by atoms with E-state index in [4.69, 9.17) is 4.74 Å². The monoisotopic (exact) mass is 271 g/mol. The van der Waals surface area contributed by atoms with Gasteiger partial charge in [0, 0.05) is 13.0 Å². The average molecular weight is 272 g/mol. The van der Waals surface area contributed by atoms with E-state index in [2.05, 4.69) is 15.9 Å². The lowest BCUT2D eigenvalue weighted by atomic mass is 10.2. The molecule has 15 heavy (non-hydrogen) atoms. The first-order valence-corrected chi connectivity index (χ1v) is 5.00. The van der Waals surface area contributed by atoms with E-state index in [9.17, 15) is 10.1 Å². The zero-order valence-corrected chi connectivity index (χ0v) is 9.95. The zero-order chi connectivity index (χ0) is 11.4. The van der Waals surface area contributed by atoms with Crippen LogP contribution in [0.4, 0.5) is 0 Å². The molecule has 0 aliphatic carbocycles. The molecule has 0 saturated carbocycles. The molecule has 0 saturated heterocycles. The van der Waals surface area contributed by atoms with Gasteiger partial charge in [0.25, 0.3) is 0 Å². The Balaban J connectivity index is 3.03. The molecule has 4 nitrogen and oxygen atoms in total. The number of halogens is 1. The van der Waals surface area contributed by atoms with Crippen LogP contribution in [0.3, 0.4) is 0 Å². The molecule has 0 unspecified atom stereocenters. The van der Waals surface area contributed by atoms with E-state index < -0.39 is 4.92 Å². The molecular weight excluding hydrogens is 262 g/mol. The molecule has 0 bridgehead atoms. The second kappa shape index (κ2) is 4.93. The minimum Gasteiger partial charge on any atom is -0.496 e. The van der Waals surface area contributed by atoms with Gasteiger partial charge in [-0.25, -0.2) is 0 Å². The molecule has 0 N–H and O–H groups in total. The Hall–Kier alpha value is -1.36. The number of nitrogens with zero attached hydrogens (tertiary/aromatic N) is 1. The number of methoxy groups -OCH3 is 1. The highest BCUT2D eigenvalue weighted by Crippen LogP contribution is 2.26. The third-order valence-electron chi connectivity index (χ3n) is 1.84. The first-order chi connectivity index (χ1) is 7.04. The van der Waals surface area contributed by atoms with Crippen LogP contribution < -0.4 is 4.74 Å². The summed E-state index contributed by atoms with van der Waals surface area (Å²) >= 11 is 3.31. The van der Waals surface area contributed by atoms with Gasteiger partial charge < -0.3 is 4.74 Å². The fourth-order valence-corrected chi connectivity index (χ4v) is 1.62. The van der Waals surface area contributed by atoms with Gasteiger partial charge in [-0.15, -0.1) is 0 Å². The van der Waals surface area contributed by atoms with Crippen molar-refractivity contribution in [2.45, 2.75) is 6.92 Å². The molecule has 80 valence electrons. The normalized spacial score (nSPS) is 11.3. The summed E-state index contributed by atoms with van der Waals surface area (Å²) in [4.78, 5) is 9.99. The quantitative estimate of drug-likeness (QED) is 0.627. The number of benzene rings is 1. The van der Waals surface area contributed by atoms with Gasteiger partial charge in [0.15, 0.2) is 0 Å². The number of nitro groups is 1. The Morgan fingerprint density at radius 1 is 1.60 bits per heavy atom. The maximum Gasteiger partial charge on any atom is 0.243 e. The summed E-state index contributed by atoms with van der Waals surface area (Å²) in [6.45, 7) is 1.46. The van der Waals surface area contributed by atoms with Gasteiger partial charge >= 0.3 is 0 Å². The molecule has 0 atom stereocenters. The van der Waals surface area contributed by atoms with Crippen LogP contribution in [-0.2, 0) is 0 Å². The van der Waals surface area contributed by atoms with Crippen molar-refractivity contribution in [2.75, 3.05) is 7.11 Å². The van der Waals surface area contributed by atoms with Crippen LogP contribution in [0.2, 0.25) is 0 Å². The summed E-state index contributed by atoms with van der Waals surface area (Å²) in [5.41, 5.74) is 0.865. The van der Waals surface area contributed by atoms with E-state index >= 15 is 0 Å². The smallest absolute Gasteiger partial charge is 0.243 e. The second-order valence-electron chi connectivity index (χ2n) is 2.94. The van der Waals surface area contributed by atoms with Gasteiger partial charge in [-0.1, -0.05) is 6.07 Å². The minimum absolute atomic E-state index is 0.104. The summed E-state index contributed by atoms with van der Waals surface area (Å²) in [5.74, 6) is 0.700. The van der Waals surface area contributed by atoms with Crippen LogP contribution in [0.15, 0.2) is 28.4 Å². The summed E-state index contributed by atoms with van der Waals surface area (Å²) in [7, 11) is 1.57. The molecule has 0 spiro atoms. The SMILES string of the molecule is COc1ccc(/C=C(\C)[N+](=O)[O-])cc1Br. The molecule has 0 aliphatic heterocycles. The van der Waals surface area contributed by atoms with Gasteiger partial charge in [-0.3, -0.25) is 10.1 Å². The molecule has 1 aromatic rings. The predicted molar refractivity (Wildman–Crippen MR) is 61.3 cm³/mol. The number of ether oxygens (including phenoxy) is 1. The lowest BCUT2D eigenvalue weighted by molar-refractivity contribution is -0.422. The fourth-order valence-electron chi connectivity index (χ4n) is 1.07. The standard InChI is InChI=1S/C10H10BrNO3/c1-7(12(13)14)5-8-3-4-10(15-2)9(11)6-8/h3-6H,1-2H3/b7-5+. The van der Waals surface area contributed by atoms with Crippen molar-refractivity contribution in [1.29, 1.82) is 0 Å². The van der Waals surface area contributed by atoms with Crippen molar-refractivity contribution < 1.29 is 9.66 Å². The minimum atomic E-state index is -0.419. The molecule has 0 amide bonds. The van der Waals surface area contributed by atoms with E-state index in [0.29, 0.717) is 5.75 Å². The summed E-state index contributed by atoms with van der Waals surface area (Å²) in [6, 6.07) is 5.28. The highest BCUT2D eigenvalue weighted by Gasteiger charge is 2.04. The second-order valence-corrected chi connectivity index (χ2v) is 3.79. The van der Waals surface area contributed by atoms with E-state index in [0.717, 1.165) is 10.0 Å². The van der Waals surface area contributed by atoms with E-state index in [1.54, 1.807) is 25.3 Å². The van der Waals surface area contributed by atoms with Gasteiger partial charge in [0.1, 0.15) is 5.75 Å². The summed E-state index contributed by atoms with van der Waals surface area (Å²) < 4.78 is 5.82. The van der Waals surface area contributed by atoms with Crippen molar-refractivity contribution >= 4 is 22.0 Å². The third kappa shape index (κ3) is 3.06. The number of rotatable bonds is 3. The predicted octanol–water partition coefficient (Wildman–Crippen LogP) is 3.10. The van der Waals surface area contributed by atoms with Gasteiger partial charge in [0.05, 0.1) is 16.5 Å². The summed E-state index contributed by atoms with van der Waals surface area (Å²) in [6.07, 6.45) is 1.50. The lowest BCUT2D eigenvalue weighted by Gasteiger charge is -2.03. The van der Waals surface area contributed by atoms with E-state index in [-0.39, 0.29) is 5.70 Å². The molecule has 0 radical (unpaired) electrons. The molecule has 5 heteroatoms. The third-order valence-corrected chi connectivity index (χ3v) is 2.46. The van der Waals surface area contributed by atoms with Gasteiger partial charge in [-0.05, 0) is 33.6 Å². The van der Waals surface area contributed by atoms with Crippen LogP contribution in [0.5, 0.6) is 5.75 Å². The maximum absolute atomic E-state index is 10.4. The maximum atomic E-state index is 10.4. The molecule has 1 rings (SSSR count). The average Bonchev–Trinajstić information content (AvgIpc) is 2.18. The topological polar surface area (TPSA) is 52.4 Å². The van der Waals surface area contributed by atoms with Crippen LogP contribution in [0.25, 0.3) is 6.08 Å². The van der Waals surface area contributed by atoms with Crippen LogP contribution in [0, 0.1) is 10.1 Å². The molecule has 0 heterocycles. The van der Waals surface area contributed by atoms with E-state index in [1.165, 1.54) is 13.0 Å². The lowest BCUT2D eigenvalue weighted by Crippen LogP contribution is -1.93. The Morgan fingerprint density at radius 2 is 2.27 bits per heavy atom. The van der Waals surface area contributed by atoms with E-state index in [1.807, 2.05) is 0 Å². The first-order valence-electron chi connectivity index (χ1n) is 4.21. The van der Waals surface area contributed by atoms with Crippen LogP contribution in [0.1, 0.15) is 12.5 Å². The molecular formula is C10H10BrNO3. The number of hydrogen-bond acceptors (Lipinski definition) is 3. The first kappa shape index (κ1) is 11.7. The molecule has 1 aromatic carbocycles. The molecule has 0 aliphatic rings. The summed E-state index contributed by atoms with van der Waals surface area (Å²) in [5, 5.41) is 10.4. The highest BCUT2D eigenvalue weighted by molar-refractivity contribution is 9.10. The molecule has 0 fully saturated rings. The van der Waals surface area contributed by atoms with Gasteiger partial charge in [0.2, 0.25) is 5.70 Å².